The number of rotatable bonds is 6. The van der Waals surface area contributed by atoms with E-state index in [1.54, 1.807) is 6.07 Å². The summed E-state index contributed by atoms with van der Waals surface area (Å²) in [4.78, 5) is 23.4. The van der Waals surface area contributed by atoms with Gasteiger partial charge in [-0.15, -0.1) is 0 Å². The van der Waals surface area contributed by atoms with Crippen LogP contribution in [0.5, 0.6) is 5.75 Å². The second kappa shape index (κ2) is 7.11. The zero-order valence-electron chi connectivity index (χ0n) is 14.0. The second-order valence-electron chi connectivity index (χ2n) is 6.15. The lowest BCUT2D eigenvalue weighted by molar-refractivity contribution is -0.122. The van der Waals surface area contributed by atoms with Crippen LogP contribution in [0.4, 0.5) is 8.78 Å². The van der Waals surface area contributed by atoms with Crippen LogP contribution < -0.4 is 10.1 Å². The molecule has 0 radical (unpaired) electrons. The molecule has 5 nitrogen and oxygen atoms in total. The summed E-state index contributed by atoms with van der Waals surface area (Å²) in [6.07, 6.45) is 0.454. The van der Waals surface area contributed by atoms with Crippen LogP contribution in [0.25, 0.3) is 0 Å². The summed E-state index contributed by atoms with van der Waals surface area (Å²) < 4.78 is 32.1. The SMILES string of the molecule is COc1ccc(CNC(=O)[C@H]2C[C@@H]2c2cccc(F)c2F)cc1C(=O)O. The van der Waals surface area contributed by atoms with E-state index < -0.39 is 23.5 Å². The number of carbonyl (C=O) groups is 2. The molecule has 0 unspecified atom stereocenters. The number of aromatic carboxylic acids is 1. The van der Waals surface area contributed by atoms with Gasteiger partial charge in [0.1, 0.15) is 11.3 Å². The van der Waals surface area contributed by atoms with Gasteiger partial charge >= 0.3 is 5.97 Å². The van der Waals surface area contributed by atoms with Gasteiger partial charge in [0.25, 0.3) is 0 Å². The Morgan fingerprint density at radius 1 is 1.27 bits per heavy atom. The molecule has 1 aliphatic rings. The van der Waals surface area contributed by atoms with E-state index in [4.69, 9.17) is 4.74 Å². The number of benzene rings is 2. The fourth-order valence-corrected chi connectivity index (χ4v) is 2.99. The van der Waals surface area contributed by atoms with Gasteiger partial charge in [0.2, 0.25) is 5.91 Å². The summed E-state index contributed by atoms with van der Waals surface area (Å²) in [7, 11) is 1.38. The fraction of sp³-hybridized carbons (Fsp3) is 0.263. The van der Waals surface area contributed by atoms with Crippen molar-refractivity contribution in [2.75, 3.05) is 7.11 Å². The first-order valence-corrected chi connectivity index (χ1v) is 8.04. The molecule has 0 aromatic heterocycles. The number of hydrogen-bond donors (Lipinski definition) is 2. The minimum absolute atomic E-state index is 0.00498. The Morgan fingerprint density at radius 3 is 2.73 bits per heavy atom. The molecule has 1 aliphatic carbocycles. The number of ether oxygens (including phenoxy) is 1. The van der Waals surface area contributed by atoms with Crippen molar-refractivity contribution in [2.24, 2.45) is 5.92 Å². The van der Waals surface area contributed by atoms with Gasteiger partial charge in [-0.05, 0) is 41.7 Å². The van der Waals surface area contributed by atoms with Gasteiger partial charge < -0.3 is 15.2 Å². The predicted octanol–water partition coefficient (Wildman–Crippen LogP) is 3.09. The topological polar surface area (TPSA) is 75.6 Å². The molecule has 0 bridgehead atoms. The maximum Gasteiger partial charge on any atom is 0.339 e. The first-order chi connectivity index (χ1) is 12.4. The quantitative estimate of drug-likeness (QED) is 0.829. The average molecular weight is 361 g/mol. The van der Waals surface area contributed by atoms with Crippen molar-refractivity contribution in [3.63, 3.8) is 0 Å². The summed E-state index contributed by atoms with van der Waals surface area (Å²) >= 11 is 0. The van der Waals surface area contributed by atoms with E-state index in [-0.39, 0.29) is 35.2 Å². The van der Waals surface area contributed by atoms with Crippen molar-refractivity contribution >= 4 is 11.9 Å². The molecular formula is C19H17F2NO4. The molecule has 2 N–H and O–H groups in total. The Bertz CT molecular complexity index is 869. The number of hydrogen-bond acceptors (Lipinski definition) is 3. The standard InChI is InChI=1S/C19H17F2NO4/c1-26-16-6-5-10(7-14(16)19(24)25)9-22-18(23)13-8-12(13)11-3-2-4-15(20)17(11)21/h2-7,12-13H,8-9H2,1H3,(H,22,23)(H,24,25)/t12-,13+/m1/s1. The summed E-state index contributed by atoms with van der Waals surface area (Å²) in [6, 6.07) is 8.55. The number of methoxy groups -OCH3 is 1. The van der Waals surface area contributed by atoms with E-state index in [2.05, 4.69) is 5.32 Å². The van der Waals surface area contributed by atoms with Gasteiger partial charge in [-0.1, -0.05) is 18.2 Å². The molecule has 1 fully saturated rings. The maximum atomic E-state index is 13.8. The lowest BCUT2D eigenvalue weighted by Gasteiger charge is -2.09. The van der Waals surface area contributed by atoms with Crippen LogP contribution in [-0.4, -0.2) is 24.1 Å². The van der Waals surface area contributed by atoms with Gasteiger partial charge in [-0.2, -0.15) is 0 Å². The van der Waals surface area contributed by atoms with Crippen molar-refractivity contribution in [3.8, 4) is 5.75 Å². The Hall–Kier alpha value is -2.96. The highest BCUT2D eigenvalue weighted by Crippen LogP contribution is 2.48. The Balaban J connectivity index is 1.63. The number of carboxylic acids is 1. The average Bonchev–Trinajstić information content (AvgIpc) is 3.42. The number of halogens is 2. The normalized spacial score (nSPS) is 18.3. The van der Waals surface area contributed by atoms with E-state index in [0.717, 1.165) is 6.07 Å². The first-order valence-electron chi connectivity index (χ1n) is 8.04. The van der Waals surface area contributed by atoms with E-state index in [0.29, 0.717) is 12.0 Å². The molecule has 3 rings (SSSR count). The number of carboxylic acid groups (broad SMARTS) is 1. The van der Waals surface area contributed by atoms with Gasteiger partial charge in [0.05, 0.1) is 7.11 Å². The molecule has 2 aromatic carbocycles. The fourth-order valence-electron chi connectivity index (χ4n) is 2.99. The smallest absolute Gasteiger partial charge is 0.339 e. The van der Waals surface area contributed by atoms with Gasteiger partial charge in [-0.3, -0.25) is 4.79 Å². The van der Waals surface area contributed by atoms with Crippen molar-refractivity contribution in [3.05, 3.63) is 64.7 Å². The lowest BCUT2D eigenvalue weighted by Crippen LogP contribution is -2.25. The van der Waals surface area contributed by atoms with Crippen LogP contribution in [0.1, 0.15) is 33.8 Å². The van der Waals surface area contributed by atoms with Crippen molar-refractivity contribution in [1.82, 2.24) is 5.32 Å². The third-order valence-corrected chi connectivity index (χ3v) is 4.47. The molecule has 2 atom stereocenters. The van der Waals surface area contributed by atoms with Crippen molar-refractivity contribution < 1.29 is 28.2 Å². The van der Waals surface area contributed by atoms with E-state index >= 15 is 0 Å². The first kappa shape index (κ1) is 17.8. The van der Waals surface area contributed by atoms with Gasteiger partial charge in [0.15, 0.2) is 11.6 Å². The molecular weight excluding hydrogens is 344 g/mol. The lowest BCUT2D eigenvalue weighted by atomic mass is 10.1. The van der Waals surface area contributed by atoms with Crippen LogP contribution in [0.15, 0.2) is 36.4 Å². The van der Waals surface area contributed by atoms with Crippen LogP contribution in [0.2, 0.25) is 0 Å². The molecule has 26 heavy (non-hydrogen) atoms. The zero-order chi connectivity index (χ0) is 18.8. The summed E-state index contributed by atoms with van der Waals surface area (Å²) in [5.41, 5.74) is 0.818. The predicted molar refractivity (Wildman–Crippen MR) is 89.0 cm³/mol. The number of carbonyl (C=O) groups excluding carboxylic acids is 1. The van der Waals surface area contributed by atoms with Crippen LogP contribution in [-0.2, 0) is 11.3 Å². The summed E-state index contributed by atoms with van der Waals surface area (Å²) in [5.74, 6) is -3.75. The highest BCUT2D eigenvalue weighted by molar-refractivity contribution is 5.91. The summed E-state index contributed by atoms with van der Waals surface area (Å²) in [6.45, 7) is 0.137. The van der Waals surface area contributed by atoms with Crippen LogP contribution in [0, 0.1) is 17.6 Å². The van der Waals surface area contributed by atoms with E-state index in [1.807, 2.05) is 0 Å². The Labute approximate surface area is 148 Å². The van der Waals surface area contributed by atoms with Crippen LogP contribution >= 0.6 is 0 Å². The molecule has 136 valence electrons. The van der Waals surface area contributed by atoms with Crippen molar-refractivity contribution in [1.29, 1.82) is 0 Å². The van der Waals surface area contributed by atoms with E-state index in [9.17, 15) is 23.5 Å². The molecule has 1 saturated carbocycles. The number of nitrogens with one attached hydrogen (secondary N) is 1. The van der Waals surface area contributed by atoms with Crippen LogP contribution in [0.3, 0.4) is 0 Å². The highest BCUT2D eigenvalue weighted by atomic mass is 19.2. The minimum atomic E-state index is -1.13. The minimum Gasteiger partial charge on any atom is -0.496 e. The monoisotopic (exact) mass is 361 g/mol. The molecule has 7 heteroatoms. The van der Waals surface area contributed by atoms with Crippen molar-refractivity contribution in [2.45, 2.75) is 18.9 Å². The molecule has 0 saturated heterocycles. The molecule has 0 aliphatic heterocycles. The van der Waals surface area contributed by atoms with Gasteiger partial charge in [-0.25, -0.2) is 13.6 Å². The number of amides is 1. The zero-order valence-corrected chi connectivity index (χ0v) is 14.0. The molecule has 0 heterocycles. The summed E-state index contributed by atoms with van der Waals surface area (Å²) in [5, 5.41) is 11.9. The second-order valence-corrected chi connectivity index (χ2v) is 6.15. The van der Waals surface area contributed by atoms with Gasteiger partial charge in [0, 0.05) is 12.5 Å². The third kappa shape index (κ3) is 3.51. The Kier molecular flexibility index (Phi) is 4.88. The molecule has 0 spiro atoms. The largest absolute Gasteiger partial charge is 0.496 e. The molecule has 1 amide bonds. The third-order valence-electron chi connectivity index (χ3n) is 4.47. The highest BCUT2D eigenvalue weighted by Gasteiger charge is 2.45. The molecule has 2 aromatic rings. The van der Waals surface area contributed by atoms with E-state index in [1.165, 1.54) is 31.4 Å². The Morgan fingerprint density at radius 2 is 2.04 bits per heavy atom. The maximum absolute atomic E-state index is 13.8.